The minimum absolute atomic E-state index is 0.0269. The number of nitrogens with zero attached hydrogens (tertiary/aromatic N) is 3. The molecule has 0 saturated carbocycles. The molecule has 5 nitrogen and oxygen atoms in total. The molecule has 0 aliphatic carbocycles. The molecule has 0 spiro atoms. The smallest absolute Gasteiger partial charge is 0.417 e. The number of nitriles is 1. The van der Waals surface area contributed by atoms with E-state index in [0.29, 0.717) is 36.8 Å². The van der Waals surface area contributed by atoms with E-state index >= 15 is 0 Å². The Kier molecular flexibility index (Phi) is 7.93. The highest BCUT2D eigenvalue weighted by atomic mass is 35.5. The SMILES string of the molecule is COc1ccc(C(C#N)N2CCN(C(=O)CSc3ccc(Cl)c(C(F)(F)F)c3)CC2)cc1. The summed E-state index contributed by atoms with van der Waals surface area (Å²) >= 11 is 6.68. The molecule has 1 amide bonds. The Morgan fingerprint density at radius 3 is 2.41 bits per heavy atom. The van der Waals surface area contributed by atoms with Crippen molar-refractivity contribution in [2.75, 3.05) is 39.0 Å². The lowest BCUT2D eigenvalue weighted by Crippen LogP contribution is -2.50. The van der Waals surface area contributed by atoms with Crippen LogP contribution in [0.25, 0.3) is 0 Å². The standard InChI is InChI=1S/C22H21ClF3N3O2S/c1-31-16-4-2-15(3-5-16)20(13-27)28-8-10-29(11-9-28)21(30)14-32-17-6-7-19(23)18(12-17)22(24,25)26/h2-7,12,20H,8-11,14H2,1H3. The summed E-state index contributed by atoms with van der Waals surface area (Å²) in [6.07, 6.45) is -4.55. The van der Waals surface area contributed by atoms with Crippen LogP contribution in [0, 0.1) is 11.3 Å². The van der Waals surface area contributed by atoms with Crippen molar-refractivity contribution in [1.29, 1.82) is 5.26 Å². The predicted octanol–water partition coefficient (Wildman–Crippen LogP) is 4.87. The van der Waals surface area contributed by atoms with Gasteiger partial charge in [0, 0.05) is 31.1 Å². The minimum Gasteiger partial charge on any atom is -0.497 e. The van der Waals surface area contributed by atoms with Crippen LogP contribution >= 0.6 is 23.4 Å². The van der Waals surface area contributed by atoms with Crippen LogP contribution in [-0.4, -0.2) is 54.7 Å². The van der Waals surface area contributed by atoms with Crippen LogP contribution in [0.3, 0.4) is 0 Å². The number of thioether (sulfide) groups is 1. The maximum absolute atomic E-state index is 13.0. The molecular formula is C22H21ClF3N3O2S. The van der Waals surface area contributed by atoms with Crippen molar-refractivity contribution in [2.24, 2.45) is 0 Å². The number of carbonyl (C=O) groups is 1. The summed E-state index contributed by atoms with van der Waals surface area (Å²) in [6.45, 7) is 1.95. The van der Waals surface area contributed by atoms with Gasteiger partial charge in [-0.2, -0.15) is 18.4 Å². The highest BCUT2D eigenvalue weighted by Gasteiger charge is 2.33. The summed E-state index contributed by atoms with van der Waals surface area (Å²) < 4.78 is 44.2. The zero-order valence-corrected chi connectivity index (χ0v) is 18.8. The van der Waals surface area contributed by atoms with Gasteiger partial charge in [-0.1, -0.05) is 23.7 Å². The van der Waals surface area contributed by atoms with Crippen molar-refractivity contribution in [2.45, 2.75) is 17.1 Å². The number of methoxy groups -OCH3 is 1. The second-order valence-electron chi connectivity index (χ2n) is 7.15. The molecule has 10 heteroatoms. The molecule has 1 heterocycles. The number of halogens is 4. The lowest BCUT2D eigenvalue weighted by atomic mass is 10.1. The number of amides is 1. The normalized spacial score (nSPS) is 15.8. The molecule has 1 aliphatic rings. The molecule has 1 saturated heterocycles. The third-order valence-corrected chi connectivity index (χ3v) is 6.50. The molecule has 0 N–H and O–H groups in total. The van der Waals surface area contributed by atoms with Gasteiger partial charge >= 0.3 is 6.18 Å². The largest absolute Gasteiger partial charge is 0.497 e. The highest BCUT2D eigenvalue weighted by Crippen LogP contribution is 2.37. The fraction of sp³-hybridized carbons (Fsp3) is 0.364. The first kappa shape index (κ1) is 24.2. The predicted molar refractivity (Wildman–Crippen MR) is 117 cm³/mol. The maximum Gasteiger partial charge on any atom is 0.417 e. The van der Waals surface area contributed by atoms with Gasteiger partial charge in [-0.05, 0) is 35.9 Å². The van der Waals surface area contributed by atoms with E-state index in [2.05, 4.69) is 6.07 Å². The van der Waals surface area contributed by atoms with Gasteiger partial charge in [0.25, 0.3) is 0 Å². The van der Waals surface area contributed by atoms with Crippen LogP contribution in [0.5, 0.6) is 5.75 Å². The molecule has 0 bridgehead atoms. The molecule has 0 radical (unpaired) electrons. The Morgan fingerprint density at radius 1 is 1.19 bits per heavy atom. The van der Waals surface area contributed by atoms with E-state index in [1.807, 2.05) is 17.0 Å². The first-order chi connectivity index (χ1) is 15.2. The number of alkyl halides is 3. The van der Waals surface area contributed by atoms with Crippen molar-refractivity contribution in [3.63, 3.8) is 0 Å². The van der Waals surface area contributed by atoms with Crippen molar-refractivity contribution in [3.05, 3.63) is 58.6 Å². The molecule has 1 aliphatic heterocycles. The maximum atomic E-state index is 13.0. The lowest BCUT2D eigenvalue weighted by Gasteiger charge is -2.37. The molecule has 1 fully saturated rings. The number of ether oxygens (including phenoxy) is 1. The zero-order chi connectivity index (χ0) is 23.3. The van der Waals surface area contributed by atoms with E-state index in [1.54, 1.807) is 24.1 Å². The molecule has 3 rings (SSSR count). The Labute approximate surface area is 193 Å². The van der Waals surface area contributed by atoms with Gasteiger partial charge in [-0.25, -0.2) is 0 Å². The summed E-state index contributed by atoms with van der Waals surface area (Å²) in [5.74, 6) is 0.580. The van der Waals surface area contributed by atoms with E-state index < -0.39 is 17.8 Å². The minimum atomic E-state index is -4.55. The number of hydrogen-bond acceptors (Lipinski definition) is 5. The van der Waals surface area contributed by atoms with Gasteiger partial charge in [0.05, 0.1) is 29.5 Å². The van der Waals surface area contributed by atoms with Crippen LogP contribution in [0.4, 0.5) is 13.2 Å². The number of rotatable bonds is 6. The molecule has 2 aromatic rings. The molecule has 1 unspecified atom stereocenters. The number of benzene rings is 2. The first-order valence-electron chi connectivity index (χ1n) is 9.78. The third kappa shape index (κ3) is 5.88. The first-order valence-corrected chi connectivity index (χ1v) is 11.1. The van der Waals surface area contributed by atoms with Gasteiger partial charge < -0.3 is 9.64 Å². The lowest BCUT2D eigenvalue weighted by molar-refractivity contribution is -0.137. The van der Waals surface area contributed by atoms with E-state index in [-0.39, 0.29) is 16.7 Å². The number of carbonyl (C=O) groups excluding carboxylic acids is 1. The summed E-state index contributed by atoms with van der Waals surface area (Å²) in [5.41, 5.74) is -0.0573. The van der Waals surface area contributed by atoms with Crippen molar-refractivity contribution in [3.8, 4) is 11.8 Å². The molecule has 170 valence electrons. The van der Waals surface area contributed by atoms with E-state index in [4.69, 9.17) is 16.3 Å². The van der Waals surface area contributed by atoms with Gasteiger partial charge in [-0.3, -0.25) is 9.69 Å². The van der Waals surface area contributed by atoms with Crippen LogP contribution in [-0.2, 0) is 11.0 Å². The van der Waals surface area contributed by atoms with Crippen LogP contribution in [0.15, 0.2) is 47.4 Å². The van der Waals surface area contributed by atoms with Crippen molar-refractivity contribution in [1.82, 2.24) is 9.80 Å². The average molecular weight is 484 g/mol. The summed E-state index contributed by atoms with van der Waals surface area (Å²) in [4.78, 5) is 16.6. The van der Waals surface area contributed by atoms with E-state index in [9.17, 15) is 23.2 Å². The van der Waals surface area contributed by atoms with Gasteiger partial charge in [-0.15, -0.1) is 11.8 Å². The van der Waals surface area contributed by atoms with Gasteiger partial charge in [0.2, 0.25) is 5.91 Å². The monoisotopic (exact) mass is 483 g/mol. The molecular weight excluding hydrogens is 463 g/mol. The molecule has 32 heavy (non-hydrogen) atoms. The van der Waals surface area contributed by atoms with E-state index in [1.165, 1.54) is 12.1 Å². The quantitative estimate of drug-likeness (QED) is 0.549. The molecule has 0 aromatic heterocycles. The number of piperazine rings is 1. The van der Waals surface area contributed by atoms with Gasteiger partial charge in [0.15, 0.2) is 0 Å². The Morgan fingerprint density at radius 2 is 1.84 bits per heavy atom. The summed E-state index contributed by atoms with van der Waals surface area (Å²) in [5, 5.41) is 9.28. The van der Waals surface area contributed by atoms with Crippen LogP contribution in [0.2, 0.25) is 5.02 Å². The fourth-order valence-corrected chi connectivity index (χ4v) is 4.49. The van der Waals surface area contributed by atoms with Crippen molar-refractivity contribution >= 4 is 29.3 Å². The van der Waals surface area contributed by atoms with Gasteiger partial charge in [0.1, 0.15) is 11.8 Å². The Hall–Kier alpha value is -2.41. The topological polar surface area (TPSA) is 56.6 Å². The average Bonchev–Trinajstić information content (AvgIpc) is 2.79. The molecule has 2 aromatic carbocycles. The fourth-order valence-electron chi connectivity index (χ4n) is 3.43. The zero-order valence-electron chi connectivity index (χ0n) is 17.2. The van der Waals surface area contributed by atoms with Crippen LogP contribution < -0.4 is 4.74 Å². The highest BCUT2D eigenvalue weighted by molar-refractivity contribution is 8.00. The van der Waals surface area contributed by atoms with E-state index in [0.717, 1.165) is 23.4 Å². The second-order valence-corrected chi connectivity index (χ2v) is 8.61. The van der Waals surface area contributed by atoms with Crippen LogP contribution in [0.1, 0.15) is 17.2 Å². The third-order valence-electron chi connectivity index (χ3n) is 5.19. The molecule has 1 atom stereocenters. The summed E-state index contributed by atoms with van der Waals surface area (Å²) in [7, 11) is 1.58. The Bertz CT molecular complexity index is 987. The van der Waals surface area contributed by atoms with Crippen molar-refractivity contribution < 1.29 is 22.7 Å². The second kappa shape index (κ2) is 10.5. The number of hydrogen-bond donors (Lipinski definition) is 0. The Balaban J connectivity index is 1.54. The summed E-state index contributed by atoms with van der Waals surface area (Å²) in [6, 6.07) is 12.8.